The predicted octanol–water partition coefficient (Wildman–Crippen LogP) is 2.72. The molecule has 0 aliphatic rings. The first-order valence-electron chi connectivity index (χ1n) is 5.95. The minimum atomic E-state index is -0.549. The number of nitrogens with two attached hydrogens (primary N) is 1. The summed E-state index contributed by atoms with van der Waals surface area (Å²) in [6.07, 6.45) is 0. The van der Waals surface area contributed by atoms with Gasteiger partial charge in [0.2, 0.25) is 5.91 Å². The monoisotopic (exact) mass is 306 g/mol. The van der Waals surface area contributed by atoms with E-state index in [1.165, 1.54) is 16.6 Å². The van der Waals surface area contributed by atoms with Crippen molar-refractivity contribution in [2.24, 2.45) is 5.73 Å². The van der Waals surface area contributed by atoms with Crippen molar-refractivity contribution in [2.75, 3.05) is 11.1 Å². The number of nitrogens with one attached hydrogen (secondary N) is 1. The molecule has 0 bridgehead atoms. The van der Waals surface area contributed by atoms with Gasteiger partial charge in [0, 0.05) is 10.6 Å². The number of hydrogen-bond acceptors (Lipinski definition) is 4. The molecule has 1 heterocycles. The Bertz CT molecular complexity index is 597. The highest BCUT2D eigenvalue weighted by Gasteiger charge is 2.10. The topological polar surface area (TPSA) is 72.2 Å². The van der Waals surface area contributed by atoms with Gasteiger partial charge in [0.05, 0.1) is 17.0 Å². The fraction of sp³-hybridized carbons (Fsp3) is 0.143. The summed E-state index contributed by atoms with van der Waals surface area (Å²) in [5, 5.41) is 4.73. The number of primary amides is 1. The van der Waals surface area contributed by atoms with Gasteiger partial charge in [0.15, 0.2) is 0 Å². The lowest BCUT2D eigenvalue weighted by atomic mass is 10.1. The molecular weight excluding hydrogens is 292 g/mol. The molecule has 0 spiro atoms. The minimum absolute atomic E-state index is 0.139. The van der Waals surface area contributed by atoms with E-state index in [4.69, 9.17) is 5.73 Å². The Balaban J connectivity index is 1.87. The Morgan fingerprint density at radius 2 is 2.00 bits per heavy atom. The number of anilines is 1. The van der Waals surface area contributed by atoms with Gasteiger partial charge in [-0.05, 0) is 23.6 Å². The van der Waals surface area contributed by atoms with Crippen LogP contribution in [-0.4, -0.2) is 17.6 Å². The third-order valence-corrected chi connectivity index (χ3v) is 4.56. The zero-order valence-electron chi connectivity index (χ0n) is 10.7. The van der Waals surface area contributed by atoms with E-state index in [0.717, 1.165) is 5.75 Å². The zero-order valence-corrected chi connectivity index (χ0v) is 12.3. The molecule has 3 N–H and O–H groups in total. The molecule has 0 radical (unpaired) electrons. The van der Waals surface area contributed by atoms with Gasteiger partial charge in [-0.3, -0.25) is 9.59 Å². The van der Waals surface area contributed by atoms with E-state index in [1.807, 2.05) is 17.5 Å². The molecule has 0 unspecified atom stereocenters. The van der Waals surface area contributed by atoms with Crippen LogP contribution in [0, 0.1) is 0 Å². The average molecular weight is 306 g/mol. The van der Waals surface area contributed by atoms with Crippen molar-refractivity contribution in [1.82, 2.24) is 0 Å². The molecule has 1 aromatic heterocycles. The Morgan fingerprint density at radius 1 is 1.20 bits per heavy atom. The Hall–Kier alpha value is -1.79. The summed E-state index contributed by atoms with van der Waals surface area (Å²) >= 11 is 3.21. The van der Waals surface area contributed by atoms with E-state index in [9.17, 15) is 9.59 Å². The summed E-state index contributed by atoms with van der Waals surface area (Å²) in [5.74, 6) is 0.459. The van der Waals surface area contributed by atoms with Crippen molar-refractivity contribution in [3.63, 3.8) is 0 Å². The van der Waals surface area contributed by atoms with Gasteiger partial charge in [-0.15, -0.1) is 23.1 Å². The van der Waals surface area contributed by atoms with Crippen LogP contribution in [0.25, 0.3) is 0 Å². The lowest BCUT2D eigenvalue weighted by Gasteiger charge is -2.08. The van der Waals surface area contributed by atoms with Crippen molar-refractivity contribution in [3.05, 3.63) is 52.2 Å². The van der Waals surface area contributed by atoms with Crippen LogP contribution in [0.2, 0.25) is 0 Å². The Kier molecular flexibility index (Phi) is 5.20. The van der Waals surface area contributed by atoms with E-state index in [1.54, 1.807) is 35.6 Å². The molecule has 0 fully saturated rings. The van der Waals surface area contributed by atoms with Crippen LogP contribution in [0.3, 0.4) is 0 Å². The highest BCUT2D eigenvalue weighted by Crippen LogP contribution is 2.18. The highest BCUT2D eigenvalue weighted by molar-refractivity contribution is 7.99. The van der Waals surface area contributed by atoms with E-state index >= 15 is 0 Å². The van der Waals surface area contributed by atoms with E-state index < -0.39 is 5.91 Å². The van der Waals surface area contributed by atoms with Gasteiger partial charge in [-0.2, -0.15) is 0 Å². The molecule has 6 heteroatoms. The fourth-order valence-corrected chi connectivity index (χ4v) is 3.30. The summed E-state index contributed by atoms with van der Waals surface area (Å²) in [6, 6.07) is 10.8. The van der Waals surface area contributed by atoms with Crippen molar-refractivity contribution in [2.45, 2.75) is 5.75 Å². The standard InChI is InChI=1S/C14H14N2O2S2/c15-14(18)11-5-1-2-6-12(11)16-13(17)9-19-8-10-4-3-7-20-10/h1-7H,8-9H2,(H2,15,18)(H,16,17). The zero-order chi connectivity index (χ0) is 14.4. The lowest BCUT2D eigenvalue weighted by Crippen LogP contribution is -2.19. The molecule has 2 aromatic rings. The normalized spacial score (nSPS) is 10.2. The summed E-state index contributed by atoms with van der Waals surface area (Å²) in [4.78, 5) is 24.3. The molecule has 0 saturated carbocycles. The molecule has 0 atom stereocenters. The maximum Gasteiger partial charge on any atom is 0.250 e. The number of thioether (sulfide) groups is 1. The van der Waals surface area contributed by atoms with E-state index in [2.05, 4.69) is 5.32 Å². The maximum atomic E-state index is 11.8. The fourth-order valence-electron chi connectivity index (χ4n) is 1.63. The van der Waals surface area contributed by atoms with Crippen molar-refractivity contribution >= 4 is 40.6 Å². The van der Waals surface area contributed by atoms with Crippen LogP contribution in [0.1, 0.15) is 15.2 Å². The van der Waals surface area contributed by atoms with Crippen molar-refractivity contribution in [1.29, 1.82) is 0 Å². The van der Waals surface area contributed by atoms with Gasteiger partial charge < -0.3 is 11.1 Å². The van der Waals surface area contributed by atoms with Gasteiger partial charge in [0.1, 0.15) is 0 Å². The van der Waals surface area contributed by atoms with Gasteiger partial charge >= 0.3 is 0 Å². The minimum Gasteiger partial charge on any atom is -0.366 e. The molecule has 2 amide bonds. The smallest absolute Gasteiger partial charge is 0.250 e. The maximum absolute atomic E-state index is 11.8. The van der Waals surface area contributed by atoms with Crippen LogP contribution in [0.5, 0.6) is 0 Å². The number of thiophene rings is 1. The highest BCUT2D eigenvalue weighted by atomic mass is 32.2. The second kappa shape index (κ2) is 7.12. The van der Waals surface area contributed by atoms with Gasteiger partial charge in [0.25, 0.3) is 5.91 Å². The van der Waals surface area contributed by atoms with Gasteiger partial charge in [-0.25, -0.2) is 0 Å². The number of benzene rings is 1. The van der Waals surface area contributed by atoms with Crippen LogP contribution in [0.15, 0.2) is 41.8 Å². The number of carbonyl (C=O) groups excluding carboxylic acids is 2. The van der Waals surface area contributed by atoms with Crippen LogP contribution >= 0.6 is 23.1 Å². The molecule has 1 aromatic carbocycles. The second-order valence-electron chi connectivity index (χ2n) is 4.03. The third-order valence-electron chi connectivity index (χ3n) is 2.52. The van der Waals surface area contributed by atoms with E-state index in [0.29, 0.717) is 17.0 Å². The van der Waals surface area contributed by atoms with Crippen molar-refractivity contribution < 1.29 is 9.59 Å². The van der Waals surface area contributed by atoms with E-state index in [-0.39, 0.29) is 5.91 Å². The molecule has 0 aliphatic carbocycles. The molecule has 2 rings (SSSR count). The SMILES string of the molecule is NC(=O)c1ccccc1NC(=O)CSCc1cccs1. The summed E-state index contributed by atoms with van der Waals surface area (Å²) in [6.45, 7) is 0. The lowest BCUT2D eigenvalue weighted by molar-refractivity contribution is -0.113. The number of rotatable bonds is 6. The first kappa shape index (κ1) is 14.6. The first-order valence-corrected chi connectivity index (χ1v) is 7.99. The number of para-hydroxylation sites is 1. The van der Waals surface area contributed by atoms with Crippen LogP contribution in [-0.2, 0) is 10.5 Å². The van der Waals surface area contributed by atoms with Crippen LogP contribution in [0.4, 0.5) is 5.69 Å². The molecular formula is C14H14N2O2S2. The molecule has 4 nitrogen and oxygen atoms in total. The first-order chi connectivity index (χ1) is 9.66. The molecule has 0 aliphatic heterocycles. The van der Waals surface area contributed by atoms with Gasteiger partial charge in [-0.1, -0.05) is 18.2 Å². The Morgan fingerprint density at radius 3 is 2.70 bits per heavy atom. The number of carbonyl (C=O) groups is 2. The predicted molar refractivity (Wildman–Crippen MR) is 84.1 cm³/mol. The summed E-state index contributed by atoms with van der Waals surface area (Å²) < 4.78 is 0. The molecule has 104 valence electrons. The molecule has 0 saturated heterocycles. The van der Waals surface area contributed by atoms with Crippen LogP contribution < -0.4 is 11.1 Å². The molecule has 20 heavy (non-hydrogen) atoms. The third kappa shape index (κ3) is 4.11. The summed E-state index contributed by atoms with van der Waals surface area (Å²) in [5.41, 5.74) is 6.04. The average Bonchev–Trinajstić information content (AvgIpc) is 2.92. The Labute approximate surface area is 125 Å². The number of amides is 2. The largest absolute Gasteiger partial charge is 0.366 e. The van der Waals surface area contributed by atoms with Crippen molar-refractivity contribution in [3.8, 4) is 0 Å². The second-order valence-corrected chi connectivity index (χ2v) is 6.05. The summed E-state index contributed by atoms with van der Waals surface area (Å²) in [7, 11) is 0. The quantitative estimate of drug-likeness (QED) is 0.862. The number of hydrogen-bond donors (Lipinski definition) is 2.